The Kier molecular flexibility index (Phi) is 4.14. The van der Waals surface area contributed by atoms with Gasteiger partial charge in [0.2, 0.25) is 0 Å². The normalized spacial score (nSPS) is 16.0. The topological polar surface area (TPSA) is 34.0 Å². The first kappa shape index (κ1) is 16.0. The van der Waals surface area contributed by atoms with Crippen molar-refractivity contribution >= 4 is 22.7 Å². The van der Waals surface area contributed by atoms with Crippen LogP contribution in [0, 0.1) is 6.92 Å². The van der Waals surface area contributed by atoms with Crippen molar-refractivity contribution in [2.45, 2.75) is 26.7 Å². The minimum Gasteiger partial charge on any atom is -0.320 e. The smallest absolute Gasteiger partial charge is 0.116 e. The molecule has 0 aliphatic carbocycles. The molecule has 3 heterocycles. The second kappa shape index (κ2) is 6.45. The van der Waals surface area contributed by atoms with Crippen molar-refractivity contribution in [3.63, 3.8) is 0 Å². The summed E-state index contributed by atoms with van der Waals surface area (Å²) in [6, 6.07) is 8.77. The fraction of sp³-hybridized carbons (Fsp3) is 0.333. The molecule has 0 fully saturated rings. The first-order chi connectivity index (χ1) is 12.1. The van der Waals surface area contributed by atoms with Crippen molar-refractivity contribution in [3.05, 3.63) is 59.3 Å². The van der Waals surface area contributed by atoms with E-state index in [0.29, 0.717) is 0 Å². The quantitative estimate of drug-likeness (QED) is 0.716. The van der Waals surface area contributed by atoms with E-state index in [1.165, 1.54) is 27.7 Å². The van der Waals surface area contributed by atoms with Crippen molar-refractivity contribution < 1.29 is 0 Å². The Morgan fingerprint density at radius 2 is 2.00 bits per heavy atom. The number of allylic oxidation sites excluding steroid dienone is 1. The molecule has 0 saturated heterocycles. The zero-order chi connectivity index (χ0) is 17.4. The lowest BCUT2D eigenvalue weighted by Crippen LogP contribution is -2.21. The lowest BCUT2D eigenvalue weighted by molar-refractivity contribution is 0.351. The molecule has 2 aromatic heterocycles. The molecular formula is C21H24N4. The van der Waals surface area contributed by atoms with Gasteiger partial charge in [0.1, 0.15) is 6.33 Å². The molecule has 0 unspecified atom stereocenters. The highest BCUT2D eigenvalue weighted by Crippen LogP contribution is 2.31. The molecule has 0 N–H and O–H groups in total. The molecule has 0 bridgehead atoms. The molecule has 0 radical (unpaired) electrons. The Morgan fingerprint density at radius 3 is 2.80 bits per heavy atom. The Hall–Kier alpha value is -2.46. The Labute approximate surface area is 148 Å². The third kappa shape index (κ3) is 2.98. The van der Waals surface area contributed by atoms with Crippen LogP contribution in [0.4, 0.5) is 0 Å². The average molecular weight is 332 g/mol. The highest BCUT2D eigenvalue weighted by Gasteiger charge is 2.20. The number of rotatable bonds is 2. The van der Waals surface area contributed by atoms with Gasteiger partial charge in [-0.05, 0) is 56.7 Å². The summed E-state index contributed by atoms with van der Waals surface area (Å²) in [5.41, 5.74) is 7.70. The first-order valence-electron chi connectivity index (χ1n) is 8.89. The second-order valence-electron chi connectivity index (χ2n) is 7.03. The first-order valence-corrected chi connectivity index (χ1v) is 8.89. The molecule has 0 saturated carbocycles. The monoisotopic (exact) mass is 332 g/mol. The van der Waals surface area contributed by atoms with E-state index >= 15 is 0 Å². The number of aromatic nitrogens is 3. The van der Waals surface area contributed by atoms with Crippen molar-refractivity contribution in [1.29, 1.82) is 0 Å². The van der Waals surface area contributed by atoms with E-state index < -0.39 is 0 Å². The van der Waals surface area contributed by atoms with E-state index in [0.717, 1.165) is 37.2 Å². The van der Waals surface area contributed by atoms with Gasteiger partial charge in [0, 0.05) is 43.0 Å². The summed E-state index contributed by atoms with van der Waals surface area (Å²) in [6.45, 7) is 6.52. The molecule has 4 heteroatoms. The zero-order valence-electron chi connectivity index (χ0n) is 15.2. The van der Waals surface area contributed by atoms with Crippen molar-refractivity contribution in [2.75, 3.05) is 20.1 Å². The molecule has 3 aromatic rings. The van der Waals surface area contributed by atoms with Gasteiger partial charge in [-0.1, -0.05) is 11.6 Å². The Morgan fingerprint density at radius 1 is 1.16 bits per heavy atom. The second-order valence-corrected chi connectivity index (χ2v) is 7.03. The van der Waals surface area contributed by atoms with Gasteiger partial charge in [-0.3, -0.25) is 0 Å². The van der Waals surface area contributed by atoms with E-state index in [2.05, 4.69) is 64.7 Å². The molecule has 0 atom stereocenters. The molecule has 1 aliphatic rings. The lowest BCUT2D eigenvalue weighted by atomic mass is 10.1. The number of hydrogen-bond acceptors (Lipinski definition) is 3. The molecule has 128 valence electrons. The van der Waals surface area contributed by atoms with Gasteiger partial charge in [-0.25, -0.2) is 9.97 Å². The van der Waals surface area contributed by atoms with Gasteiger partial charge in [0.15, 0.2) is 0 Å². The number of fused-ring (bicyclic) bond motifs is 3. The summed E-state index contributed by atoms with van der Waals surface area (Å²) in [5.74, 6) is 0. The van der Waals surface area contributed by atoms with Crippen molar-refractivity contribution in [2.24, 2.45) is 0 Å². The molecule has 25 heavy (non-hydrogen) atoms. The van der Waals surface area contributed by atoms with Crippen LogP contribution in [0.2, 0.25) is 0 Å². The maximum absolute atomic E-state index is 4.40. The number of benzene rings is 1. The average Bonchev–Trinajstić information content (AvgIpc) is 2.76. The predicted molar refractivity (Wildman–Crippen MR) is 103 cm³/mol. The van der Waals surface area contributed by atoms with Crippen LogP contribution in [0.1, 0.15) is 29.4 Å². The SMILES string of the molecule is C/C(=C\n1c2c(c3cc(C)ccc31)CCN(C)CC2)c1ccncn1. The van der Waals surface area contributed by atoms with Crippen LogP contribution in [-0.4, -0.2) is 39.6 Å². The van der Waals surface area contributed by atoms with Crippen LogP contribution in [0.15, 0.2) is 36.8 Å². The summed E-state index contributed by atoms with van der Waals surface area (Å²) >= 11 is 0. The zero-order valence-corrected chi connectivity index (χ0v) is 15.2. The van der Waals surface area contributed by atoms with Crippen molar-refractivity contribution in [3.8, 4) is 0 Å². The highest BCUT2D eigenvalue weighted by atomic mass is 15.1. The maximum atomic E-state index is 4.40. The fourth-order valence-electron chi connectivity index (χ4n) is 3.74. The molecular weight excluding hydrogens is 308 g/mol. The largest absolute Gasteiger partial charge is 0.320 e. The molecule has 4 rings (SSSR count). The van der Waals surface area contributed by atoms with E-state index in [9.17, 15) is 0 Å². The van der Waals surface area contributed by atoms with E-state index in [1.54, 1.807) is 12.5 Å². The Bertz CT molecular complexity index is 937. The Balaban J connectivity index is 1.91. The summed E-state index contributed by atoms with van der Waals surface area (Å²) < 4.78 is 2.39. The third-order valence-electron chi connectivity index (χ3n) is 5.16. The minimum absolute atomic E-state index is 0.975. The lowest BCUT2D eigenvalue weighted by Gasteiger charge is -2.13. The number of likely N-dealkylation sites (N-methyl/N-ethyl adjacent to an activating group) is 1. The van der Waals surface area contributed by atoms with Gasteiger partial charge in [-0.15, -0.1) is 0 Å². The van der Waals surface area contributed by atoms with Gasteiger partial charge in [-0.2, -0.15) is 0 Å². The van der Waals surface area contributed by atoms with Crippen LogP contribution < -0.4 is 0 Å². The minimum atomic E-state index is 0.975. The van der Waals surface area contributed by atoms with Crippen LogP contribution in [-0.2, 0) is 12.8 Å². The van der Waals surface area contributed by atoms with Gasteiger partial charge in [0.05, 0.1) is 11.2 Å². The molecule has 1 aromatic carbocycles. The number of nitrogens with zero attached hydrogens (tertiary/aromatic N) is 4. The number of hydrogen-bond donors (Lipinski definition) is 0. The van der Waals surface area contributed by atoms with E-state index in [4.69, 9.17) is 0 Å². The van der Waals surface area contributed by atoms with Crippen LogP contribution in [0.3, 0.4) is 0 Å². The highest BCUT2D eigenvalue weighted by molar-refractivity contribution is 5.90. The standard InChI is InChI=1S/C21H24N4/c1-15-4-5-20-18(12-15)17-7-10-24(3)11-8-21(17)25(20)13-16(2)19-6-9-22-14-23-19/h4-6,9,12-14H,7-8,10-11H2,1-3H3/b16-13+. The summed E-state index contributed by atoms with van der Waals surface area (Å²) in [5, 5.41) is 1.40. The van der Waals surface area contributed by atoms with Crippen LogP contribution >= 0.6 is 0 Å². The van der Waals surface area contributed by atoms with Crippen LogP contribution in [0.25, 0.3) is 22.7 Å². The van der Waals surface area contributed by atoms with Crippen molar-refractivity contribution in [1.82, 2.24) is 19.4 Å². The summed E-state index contributed by atoms with van der Waals surface area (Å²) in [6.07, 6.45) is 7.84. The van der Waals surface area contributed by atoms with E-state index in [-0.39, 0.29) is 0 Å². The molecule has 1 aliphatic heterocycles. The van der Waals surface area contributed by atoms with E-state index in [1.807, 2.05) is 6.07 Å². The summed E-state index contributed by atoms with van der Waals surface area (Å²) in [7, 11) is 2.21. The van der Waals surface area contributed by atoms with Gasteiger partial charge >= 0.3 is 0 Å². The third-order valence-corrected chi connectivity index (χ3v) is 5.16. The molecule has 0 amide bonds. The number of aryl methyl sites for hydroxylation is 1. The van der Waals surface area contributed by atoms with Crippen LogP contribution in [0.5, 0.6) is 0 Å². The fourth-order valence-corrected chi connectivity index (χ4v) is 3.74. The predicted octanol–water partition coefficient (Wildman–Crippen LogP) is 3.79. The maximum Gasteiger partial charge on any atom is 0.116 e. The molecule has 4 nitrogen and oxygen atoms in total. The molecule has 0 spiro atoms. The van der Waals surface area contributed by atoms with Gasteiger partial charge in [0.25, 0.3) is 0 Å². The summed E-state index contributed by atoms with van der Waals surface area (Å²) in [4.78, 5) is 10.8. The van der Waals surface area contributed by atoms with Gasteiger partial charge < -0.3 is 9.47 Å².